The summed E-state index contributed by atoms with van der Waals surface area (Å²) in [6, 6.07) is 14.6. The van der Waals surface area contributed by atoms with Crippen molar-refractivity contribution in [2.75, 3.05) is 7.11 Å². The molecule has 0 aliphatic heterocycles. The number of hydrogen-bond donors (Lipinski definition) is 0. The van der Waals surface area contributed by atoms with Crippen LogP contribution in [0.1, 0.15) is 11.1 Å². The van der Waals surface area contributed by atoms with Gasteiger partial charge in [-0.1, -0.05) is 35.9 Å². The summed E-state index contributed by atoms with van der Waals surface area (Å²) in [5, 5.41) is 0.653. The van der Waals surface area contributed by atoms with Crippen LogP contribution in [0.2, 0.25) is 5.02 Å². The van der Waals surface area contributed by atoms with Crippen LogP contribution in [-0.4, -0.2) is 13.1 Å². The number of halogens is 1. The van der Waals surface area contributed by atoms with E-state index in [2.05, 4.69) is 0 Å². The molecule has 0 N–H and O–H groups in total. The van der Waals surface area contributed by atoms with Crippen molar-refractivity contribution in [3.05, 3.63) is 64.7 Å². The lowest BCUT2D eigenvalue weighted by molar-refractivity contribution is -0.144. The van der Waals surface area contributed by atoms with E-state index in [1.54, 1.807) is 19.2 Å². The standard InChI is InChI=1S/C16H15ClO3/c1-19-15-8-4-13(5-9-15)11-20-16(18)10-12-2-6-14(17)7-3-12/h2-9H,10-11H2,1H3. The number of carbonyl (C=O) groups is 1. The summed E-state index contributed by atoms with van der Waals surface area (Å²) >= 11 is 5.79. The average molecular weight is 291 g/mol. The van der Waals surface area contributed by atoms with E-state index in [4.69, 9.17) is 21.1 Å². The summed E-state index contributed by atoms with van der Waals surface area (Å²) in [5.74, 6) is 0.518. The van der Waals surface area contributed by atoms with Crippen LogP contribution in [-0.2, 0) is 22.6 Å². The molecule has 0 heterocycles. The maximum absolute atomic E-state index is 11.7. The highest BCUT2D eigenvalue weighted by atomic mass is 35.5. The molecule has 2 aromatic carbocycles. The van der Waals surface area contributed by atoms with Gasteiger partial charge in [-0.2, -0.15) is 0 Å². The fraction of sp³-hybridized carbons (Fsp3) is 0.188. The second-order valence-corrected chi connectivity index (χ2v) is 4.75. The van der Waals surface area contributed by atoms with E-state index in [9.17, 15) is 4.79 Å². The van der Waals surface area contributed by atoms with E-state index in [1.165, 1.54) is 0 Å². The molecule has 2 rings (SSSR count). The van der Waals surface area contributed by atoms with E-state index in [0.717, 1.165) is 16.9 Å². The maximum atomic E-state index is 11.7. The summed E-state index contributed by atoms with van der Waals surface area (Å²) in [6.45, 7) is 0.260. The van der Waals surface area contributed by atoms with Crippen molar-refractivity contribution in [2.45, 2.75) is 13.0 Å². The number of esters is 1. The first kappa shape index (κ1) is 14.4. The average Bonchev–Trinajstić information content (AvgIpc) is 2.48. The highest BCUT2D eigenvalue weighted by Gasteiger charge is 2.05. The van der Waals surface area contributed by atoms with Crippen molar-refractivity contribution in [1.82, 2.24) is 0 Å². The molecule has 104 valence electrons. The topological polar surface area (TPSA) is 35.5 Å². The molecule has 0 aromatic heterocycles. The molecule has 0 amide bonds. The smallest absolute Gasteiger partial charge is 0.310 e. The Hall–Kier alpha value is -2.00. The van der Waals surface area contributed by atoms with E-state index in [-0.39, 0.29) is 19.0 Å². The Morgan fingerprint density at radius 1 is 1.00 bits per heavy atom. The number of benzene rings is 2. The molecule has 0 fully saturated rings. The molecule has 0 aliphatic rings. The lowest BCUT2D eigenvalue weighted by atomic mass is 10.1. The molecule has 0 saturated heterocycles. The fourth-order valence-electron chi connectivity index (χ4n) is 1.71. The zero-order valence-electron chi connectivity index (χ0n) is 11.1. The van der Waals surface area contributed by atoms with Gasteiger partial charge in [0, 0.05) is 5.02 Å². The van der Waals surface area contributed by atoms with Gasteiger partial charge in [-0.15, -0.1) is 0 Å². The molecule has 0 radical (unpaired) electrons. The Bertz CT molecular complexity index is 561. The first-order valence-electron chi connectivity index (χ1n) is 6.20. The molecule has 0 spiro atoms. The van der Waals surface area contributed by atoms with E-state index in [1.807, 2.05) is 36.4 Å². The van der Waals surface area contributed by atoms with Gasteiger partial charge in [-0.25, -0.2) is 0 Å². The molecule has 2 aromatic rings. The van der Waals surface area contributed by atoms with Crippen molar-refractivity contribution in [3.8, 4) is 5.75 Å². The van der Waals surface area contributed by atoms with Gasteiger partial charge in [-0.05, 0) is 35.4 Å². The first-order valence-corrected chi connectivity index (χ1v) is 6.58. The maximum Gasteiger partial charge on any atom is 0.310 e. The Morgan fingerprint density at radius 2 is 1.60 bits per heavy atom. The van der Waals surface area contributed by atoms with Gasteiger partial charge in [0.05, 0.1) is 13.5 Å². The zero-order chi connectivity index (χ0) is 14.4. The molecule has 0 unspecified atom stereocenters. The van der Waals surface area contributed by atoms with Gasteiger partial charge >= 0.3 is 5.97 Å². The quantitative estimate of drug-likeness (QED) is 0.789. The lowest BCUT2D eigenvalue weighted by Crippen LogP contribution is -2.07. The van der Waals surface area contributed by atoms with Crippen molar-refractivity contribution < 1.29 is 14.3 Å². The molecular weight excluding hydrogens is 276 g/mol. The molecular formula is C16H15ClO3. The van der Waals surface area contributed by atoms with Crippen LogP contribution >= 0.6 is 11.6 Å². The lowest BCUT2D eigenvalue weighted by Gasteiger charge is -2.06. The number of ether oxygens (including phenoxy) is 2. The largest absolute Gasteiger partial charge is 0.497 e. The van der Waals surface area contributed by atoms with Gasteiger partial charge < -0.3 is 9.47 Å². The third-order valence-electron chi connectivity index (χ3n) is 2.82. The van der Waals surface area contributed by atoms with Crippen LogP contribution in [0.25, 0.3) is 0 Å². The van der Waals surface area contributed by atoms with Crippen molar-refractivity contribution in [2.24, 2.45) is 0 Å². The molecule has 0 atom stereocenters. The Morgan fingerprint density at radius 3 is 2.20 bits per heavy atom. The van der Waals surface area contributed by atoms with Crippen LogP contribution in [0.4, 0.5) is 0 Å². The van der Waals surface area contributed by atoms with Crippen LogP contribution in [0.15, 0.2) is 48.5 Å². The highest BCUT2D eigenvalue weighted by Crippen LogP contribution is 2.13. The summed E-state index contributed by atoms with van der Waals surface area (Å²) < 4.78 is 10.3. The van der Waals surface area contributed by atoms with E-state index >= 15 is 0 Å². The minimum absolute atomic E-state index is 0.243. The fourth-order valence-corrected chi connectivity index (χ4v) is 1.83. The number of hydrogen-bond acceptors (Lipinski definition) is 3. The first-order chi connectivity index (χ1) is 9.67. The summed E-state index contributed by atoms with van der Waals surface area (Å²) in [6.07, 6.45) is 0.243. The van der Waals surface area contributed by atoms with Gasteiger partial charge in [0.25, 0.3) is 0 Å². The third kappa shape index (κ3) is 4.28. The normalized spacial score (nSPS) is 10.1. The predicted octanol–water partition coefficient (Wildman–Crippen LogP) is 3.63. The SMILES string of the molecule is COc1ccc(COC(=O)Cc2ccc(Cl)cc2)cc1. The number of rotatable bonds is 5. The van der Waals surface area contributed by atoms with Crippen molar-refractivity contribution in [3.63, 3.8) is 0 Å². The number of methoxy groups -OCH3 is 1. The van der Waals surface area contributed by atoms with Crippen LogP contribution in [0.3, 0.4) is 0 Å². The van der Waals surface area contributed by atoms with Crippen molar-refractivity contribution >= 4 is 17.6 Å². The monoisotopic (exact) mass is 290 g/mol. The van der Waals surface area contributed by atoms with Crippen LogP contribution in [0, 0.1) is 0 Å². The molecule has 0 aliphatic carbocycles. The minimum atomic E-state index is -0.261. The van der Waals surface area contributed by atoms with Crippen molar-refractivity contribution in [1.29, 1.82) is 0 Å². The Kier molecular flexibility index (Phi) is 5.02. The summed E-state index contributed by atoms with van der Waals surface area (Å²) in [4.78, 5) is 11.7. The molecule has 3 nitrogen and oxygen atoms in total. The van der Waals surface area contributed by atoms with Gasteiger partial charge in [0.15, 0.2) is 0 Å². The van der Waals surface area contributed by atoms with Gasteiger partial charge in [0.1, 0.15) is 12.4 Å². The molecule has 4 heteroatoms. The van der Waals surface area contributed by atoms with Gasteiger partial charge in [0.2, 0.25) is 0 Å². The molecule has 20 heavy (non-hydrogen) atoms. The minimum Gasteiger partial charge on any atom is -0.497 e. The summed E-state index contributed by atoms with van der Waals surface area (Å²) in [7, 11) is 1.61. The molecule has 0 saturated carbocycles. The predicted molar refractivity (Wildman–Crippen MR) is 77.9 cm³/mol. The zero-order valence-corrected chi connectivity index (χ0v) is 11.9. The molecule has 0 bridgehead atoms. The second-order valence-electron chi connectivity index (χ2n) is 4.31. The van der Waals surface area contributed by atoms with E-state index < -0.39 is 0 Å². The van der Waals surface area contributed by atoms with E-state index in [0.29, 0.717) is 5.02 Å². The third-order valence-corrected chi connectivity index (χ3v) is 3.07. The Balaban J connectivity index is 1.83. The summed E-state index contributed by atoms with van der Waals surface area (Å²) in [5.41, 5.74) is 1.81. The van der Waals surface area contributed by atoms with Crippen LogP contribution in [0.5, 0.6) is 5.75 Å². The number of carbonyl (C=O) groups excluding carboxylic acids is 1. The second kappa shape index (κ2) is 6.96. The Labute approximate surface area is 123 Å². The van der Waals surface area contributed by atoms with Crippen LogP contribution < -0.4 is 4.74 Å². The van der Waals surface area contributed by atoms with Gasteiger partial charge in [-0.3, -0.25) is 4.79 Å². The highest BCUT2D eigenvalue weighted by molar-refractivity contribution is 6.30.